The first-order valence-corrected chi connectivity index (χ1v) is 11.7. The standard InChI is InChI=1S/C24H36FN5O2.HI/c1-4-18(5-2)22-15-21(32-29-22)16-27-24(26-6-3)28-17-23(30-11-13-31-14-12-30)19-7-9-20(25)10-8-19;/h7-10,15,18,23H,4-6,11-14,16-17H2,1-3H3,(H2,26,27,28);1H. The van der Waals surface area contributed by atoms with Gasteiger partial charge in [-0.3, -0.25) is 4.90 Å². The number of ether oxygens (including phenoxy) is 1. The molecule has 0 bridgehead atoms. The Labute approximate surface area is 213 Å². The smallest absolute Gasteiger partial charge is 0.191 e. The molecule has 1 aromatic carbocycles. The Balaban J connectivity index is 0.00000385. The van der Waals surface area contributed by atoms with Gasteiger partial charge in [-0.2, -0.15) is 0 Å². The Morgan fingerprint density at radius 3 is 2.45 bits per heavy atom. The second-order valence-electron chi connectivity index (χ2n) is 8.02. The molecule has 1 aliphatic rings. The fourth-order valence-electron chi connectivity index (χ4n) is 4.03. The molecule has 1 aliphatic heterocycles. The zero-order chi connectivity index (χ0) is 22.8. The molecular formula is C24H37FIN5O2. The van der Waals surface area contributed by atoms with Crippen molar-refractivity contribution < 1.29 is 13.7 Å². The van der Waals surface area contributed by atoms with Gasteiger partial charge < -0.3 is 19.9 Å². The molecule has 1 unspecified atom stereocenters. The van der Waals surface area contributed by atoms with Crippen LogP contribution in [0.15, 0.2) is 39.8 Å². The van der Waals surface area contributed by atoms with Crippen molar-refractivity contribution in [2.75, 3.05) is 39.4 Å². The minimum absolute atomic E-state index is 0. The molecule has 184 valence electrons. The Morgan fingerprint density at radius 2 is 1.82 bits per heavy atom. The first kappa shape index (κ1) is 27.5. The van der Waals surface area contributed by atoms with E-state index in [2.05, 4.69) is 34.5 Å². The van der Waals surface area contributed by atoms with Crippen LogP contribution in [0.4, 0.5) is 4.39 Å². The maximum Gasteiger partial charge on any atom is 0.191 e. The van der Waals surface area contributed by atoms with E-state index < -0.39 is 0 Å². The van der Waals surface area contributed by atoms with Crippen molar-refractivity contribution in [3.63, 3.8) is 0 Å². The maximum absolute atomic E-state index is 13.5. The van der Waals surface area contributed by atoms with Gasteiger partial charge in [0, 0.05) is 38.2 Å². The van der Waals surface area contributed by atoms with Gasteiger partial charge in [0.25, 0.3) is 0 Å². The first-order chi connectivity index (χ1) is 15.6. The summed E-state index contributed by atoms with van der Waals surface area (Å²) in [6, 6.07) is 8.85. The van der Waals surface area contributed by atoms with Crippen molar-refractivity contribution >= 4 is 29.9 Å². The van der Waals surface area contributed by atoms with Crippen LogP contribution in [0.2, 0.25) is 0 Å². The molecule has 1 aromatic heterocycles. The molecule has 33 heavy (non-hydrogen) atoms. The summed E-state index contributed by atoms with van der Waals surface area (Å²) in [5.74, 6) is 1.67. The van der Waals surface area contributed by atoms with Crippen molar-refractivity contribution in [2.24, 2.45) is 4.99 Å². The van der Waals surface area contributed by atoms with Crippen LogP contribution in [0.1, 0.15) is 62.6 Å². The van der Waals surface area contributed by atoms with Gasteiger partial charge in [0.05, 0.1) is 24.9 Å². The molecule has 2 heterocycles. The van der Waals surface area contributed by atoms with Gasteiger partial charge in [0.15, 0.2) is 11.7 Å². The lowest BCUT2D eigenvalue weighted by atomic mass is 9.99. The summed E-state index contributed by atoms with van der Waals surface area (Å²) < 4.78 is 24.5. The number of benzene rings is 1. The van der Waals surface area contributed by atoms with Gasteiger partial charge in [-0.1, -0.05) is 31.1 Å². The van der Waals surface area contributed by atoms with E-state index in [1.807, 2.05) is 25.1 Å². The molecule has 0 aliphatic carbocycles. The lowest BCUT2D eigenvalue weighted by Gasteiger charge is -2.35. The average Bonchev–Trinajstić information content (AvgIpc) is 3.29. The normalized spacial score (nSPS) is 15.8. The molecule has 2 N–H and O–H groups in total. The fourth-order valence-corrected chi connectivity index (χ4v) is 4.03. The summed E-state index contributed by atoms with van der Waals surface area (Å²) in [7, 11) is 0. The minimum Gasteiger partial charge on any atom is -0.379 e. The van der Waals surface area contributed by atoms with Crippen LogP contribution in [0, 0.1) is 5.82 Å². The predicted octanol–water partition coefficient (Wildman–Crippen LogP) is 4.46. The highest BCUT2D eigenvalue weighted by atomic mass is 127. The summed E-state index contributed by atoms with van der Waals surface area (Å²) >= 11 is 0. The SMILES string of the molecule is CCNC(=NCc1cc(C(CC)CC)no1)NCC(c1ccc(F)cc1)N1CCOCC1.I. The quantitative estimate of drug-likeness (QED) is 0.249. The number of aliphatic imine (C=N–C) groups is 1. The van der Waals surface area contributed by atoms with Crippen LogP contribution in [0.3, 0.4) is 0 Å². The van der Waals surface area contributed by atoms with E-state index in [9.17, 15) is 4.39 Å². The maximum atomic E-state index is 13.5. The second-order valence-corrected chi connectivity index (χ2v) is 8.02. The number of nitrogens with zero attached hydrogens (tertiary/aromatic N) is 3. The molecule has 1 saturated heterocycles. The number of halogens is 2. The zero-order valence-electron chi connectivity index (χ0n) is 19.8. The number of morpholine rings is 1. The van der Waals surface area contributed by atoms with Crippen LogP contribution in [-0.2, 0) is 11.3 Å². The van der Waals surface area contributed by atoms with Crippen LogP contribution < -0.4 is 10.6 Å². The summed E-state index contributed by atoms with van der Waals surface area (Å²) in [4.78, 5) is 7.06. The van der Waals surface area contributed by atoms with E-state index in [1.165, 1.54) is 12.1 Å². The van der Waals surface area contributed by atoms with E-state index in [0.717, 1.165) is 49.5 Å². The van der Waals surface area contributed by atoms with Crippen molar-refractivity contribution in [2.45, 2.75) is 52.1 Å². The third-order valence-electron chi connectivity index (χ3n) is 5.92. The zero-order valence-corrected chi connectivity index (χ0v) is 22.2. The van der Waals surface area contributed by atoms with E-state index in [4.69, 9.17) is 14.3 Å². The second kappa shape index (κ2) is 14.5. The van der Waals surface area contributed by atoms with Crippen LogP contribution >= 0.6 is 24.0 Å². The van der Waals surface area contributed by atoms with Gasteiger partial charge in [0.1, 0.15) is 12.4 Å². The number of nitrogens with one attached hydrogen (secondary N) is 2. The number of guanidine groups is 1. The summed E-state index contributed by atoms with van der Waals surface area (Å²) in [5.41, 5.74) is 2.07. The molecule has 0 amide bonds. The average molecular weight is 573 g/mol. The van der Waals surface area contributed by atoms with Crippen LogP contribution in [0.5, 0.6) is 0 Å². The topological polar surface area (TPSA) is 74.9 Å². The largest absolute Gasteiger partial charge is 0.379 e. The third kappa shape index (κ3) is 8.22. The fraction of sp³-hybridized carbons (Fsp3) is 0.583. The predicted molar refractivity (Wildman–Crippen MR) is 140 cm³/mol. The van der Waals surface area contributed by atoms with Gasteiger partial charge in [-0.15, -0.1) is 24.0 Å². The van der Waals surface area contributed by atoms with E-state index >= 15 is 0 Å². The summed E-state index contributed by atoms with van der Waals surface area (Å²) in [6.07, 6.45) is 2.09. The van der Waals surface area contributed by atoms with Gasteiger partial charge in [-0.05, 0) is 37.5 Å². The first-order valence-electron chi connectivity index (χ1n) is 11.7. The molecule has 3 rings (SSSR count). The van der Waals surface area contributed by atoms with E-state index in [1.54, 1.807) is 0 Å². The molecule has 0 radical (unpaired) electrons. The Kier molecular flexibility index (Phi) is 12.1. The van der Waals surface area contributed by atoms with Gasteiger partial charge in [0.2, 0.25) is 0 Å². The molecule has 9 heteroatoms. The molecule has 1 atom stereocenters. The third-order valence-corrected chi connectivity index (χ3v) is 5.92. The van der Waals surface area contributed by atoms with Gasteiger partial charge in [-0.25, -0.2) is 9.38 Å². The highest BCUT2D eigenvalue weighted by Gasteiger charge is 2.23. The molecule has 1 fully saturated rings. The van der Waals surface area contributed by atoms with Crippen LogP contribution in [0.25, 0.3) is 0 Å². The minimum atomic E-state index is -0.225. The molecule has 0 saturated carbocycles. The highest BCUT2D eigenvalue weighted by Crippen LogP contribution is 2.23. The Bertz CT molecular complexity index is 836. The van der Waals surface area contributed by atoms with Crippen molar-refractivity contribution in [1.82, 2.24) is 20.7 Å². The number of rotatable bonds is 10. The summed E-state index contributed by atoms with van der Waals surface area (Å²) in [6.45, 7) is 11.3. The molecule has 2 aromatic rings. The molecule has 7 nitrogen and oxygen atoms in total. The van der Waals surface area contributed by atoms with Crippen molar-refractivity contribution in [1.29, 1.82) is 0 Å². The lowest BCUT2D eigenvalue weighted by Crippen LogP contribution is -2.46. The molecule has 0 spiro atoms. The van der Waals surface area contributed by atoms with Gasteiger partial charge >= 0.3 is 0 Å². The lowest BCUT2D eigenvalue weighted by molar-refractivity contribution is 0.0170. The number of hydrogen-bond acceptors (Lipinski definition) is 5. The van der Waals surface area contributed by atoms with Crippen LogP contribution in [-0.4, -0.2) is 55.4 Å². The Morgan fingerprint density at radius 1 is 1.12 bits per heavy atom. The summed E-state index contributed by atoms with van der Waals surface area (Å²) in [5, 5.41) is 11.0. The van der Waals surface area contributed by atoms with E-state index in [0.29, 0.717) is 38.2 Å². The number of aromatic nitrogens is 1. The van der Waals surface area contributed by atoms with E-state index in [-0.39, 0.29) is 35.8 Å². The highest BCUT2D eigenvalue weighted by molar-refractivity contribution is 14.0. The monoisotopic (exact) mass is 573 g/mol. The van der Waals surface area contributed by atoms with Crippen molar-refractivity contribution in [3.05, 3.63) is 53.2 Å². The number of hydrogen-bond donors (Lipinski definition) is 2. The Hall–Kier alpha value is -1.72. The van der Waals surface area contributed by atoms with Crippen molar-refractivity contribution in [3.8, 4) is 0 Å². The molecular weight excluding hydrogens is 536 g/mol.